The molecule has 1 aliphatic rings. The molecule has 210 valence electrons. The van der Waals surface area contributed by atoms with Crippen LogP contribution in [0, 0.1) is 0 Å². The van der Waals surface area contributed by atoms with E-state index in [1.165, 1.54) is 5.69 Å². The zero-order valence-electron chi connectivity index (χ0n) is 23.1. The van der Waals surface area contributed by atoms with Crippen LogP contribution < -0.4 is 10.2 Å². The van der Waals surface area contributed by atoms with E-state index in [9.17, 15) is 14.7 Å². The van der Waals surface area contributed by atoms with Gasteiger partial charge in [-0.2, -0.15) is 0 Å². The van der Waals surface area contributed by atoms with Crippen molar-refractivity contribution in [2.24, 2.45) is 4.99 Å². The quantitative estimate of drug-likeness (QED) is 0.186. The molecule has 0 unspecified atom stereocenters. The summed E-state index contributed by atoms with van der Waals surface area (Å²) in [6.45, 7) is 4.09. The Labute approximate surface area is 243 Å². The fourth-order valence-corrected chi connectivity index (χ4v) is 5.04. The van der Waals surface area contributed by atoms with Crippen molar-refractivity contribution in [2.75, 3.05) is 43.4 Å². The number of carbonyl (C=O) groups is 2. The topological polar surface area (TPSA) is 114 Å². The van der Waals surface area contributed by atoms with E-state index >= 15 is 0 Å². The molecule has 9 heteroatoms. The summed E-state index contributed by atoms with van der Waals surface area (Å²) in [6.07, 6.45) is 4.73. The molecule has 5 aromatic rings. The number of aromatic hydroxyl groups is 1. The molecule has 2 aromatic heterocycles. The zero-order valence-corrected chi connectivity index (χ0v) is 23.1. The first-order chi connectivity index (χ1) is 20.4. The van der Waals surface area contributed by atoms with E-state index in [4.69, 9.17) is 0 Å². The van der Waals surface area contributed by atoms with Gasteiger partial charge in [0.15, 0.2) is 11.7 Å². The molecule has 1 fully saturated rings. The second-order valence-corrected chi connectivity index (χ2v) is 10.3. The lowest BCUT2D eigenvalue weighted by Gasteiger charge is -2.34. The van der Waals surface area contributed by atoms with Crippen LogP contribution in [0.2, 0.25) is 0 Å². The van der Waals surface area contributed by atoms with E-state index in [1.54, 1.807) is 73.2 Å². The molecular weight excluding hydrogens is 528 g/mol. The van der Waals surface area contributed by atoms with Gasteiger partial charge in [0, 0.05) is 83.8 Å². The summed E-state index contributed by atoms with van der Waals surface area (Å²) >= 11 is 0. The van der Waals surface area contributed by atoms with E-state index in [2.05, 4.69) is 49.3 Å². The highest BCUT2D eigenvalue weighted by Crippen LogP contribution is 2.29. The minimum Gasteiger partial charge on any atom is -0.494 e. The number of H-pyrrole nitrogens is 1. The van der Waals surface area contributed by atoms with Crippen LogP contribution in [-0.4, -0.2) is 71.1 Å². The third-order valence-electron chi connectivity index (χ3n) is 7.47. The lowest BCUT2D eigenvalue weighted by Crippen LogP contribution is -2.44. The number of carbonyl (C=O) groups excluding carboxylic acids is 2. The number of anilines is 2. The van der Waals surface area contributed by atoms with Crippen molar-refractivity contribution < 1.29 is 14.7 Å². The maximum atomic E-state index is 13.3. The second kappa shape index (κ2) is 11.7. The largest absolute Gasteiger partial charge is 0.494 e. The molecule has 0 bridgehead atoms. The normalized spacial score (nSPS) is 14.0. The molecule has 42 heavy (non-hydrogen) atoms. The monoisotopic (exact) mass is 558 g/mol. The number of likely N-dealkylation sites (N-methyl/N-ethyl adjacent to an activating group) is 1. The third-order valence-corrected chi connectivity index (χ3v) is 7.47. The van der Waals surface area contributed by atoms with Crippen LogP contribution in [0.1, 0.15) is 31.8 Å². The van der Waals surface area contributed by atoms with Gasteiger partial charge in [-0.1, -0.05) is 24.3 Å². The highest BCUT2D eigenvalue weighted by atomic mass is 16.3. The number of piperazine rings is 1. The average molecular weight is 559 g/mol. The fourth-order valence-electron chi connectivity index (χ4n) is 5.04. The number of aliphatic imine (C=N–C) groups is 1. The van der Waals surface area contributed by atoms with E-state index < -0.39 is 0 Å². The molecule has 0 saturated carbocycles. The number of nitrogens with zero attached hydrogens (tertiary/aromatic N) is 4. The summed E-state index contributed by atoms with van der Waals surface area (Å²) in [5, 5.41) is 14.2. The van der Waals surface area contributed by atoms with Gasteiger partial charge in [-0.3, -0.25) is 19.6 Å². The minimum absolute atomic E-state index is 0.0202. The lowest BCUT2D eigenvalue weighted by atomic mass is 10.0. The molecule has 9 nitrogen and oxygen atoms in total. The maximum Gasteiger partial charge on any atom is 0.255 e. The zero-order chi connectivity index (χ0) is 29.1. The van der Waals surface area contributed by atoms with Crippen LogP contribution in [0.5, 0.6) is 5.88 Å². The van der Waals surface area contributed by atoms with Crippen LogP contribution in [0.25, 0.3) is 10.9 Å². The SMILES string of the molecule is CN1CCN(c2ccc(N=Cc3c(O)[nH]c4cc(C(=O)c5cccc(NC(=O)c6ccncc6)c5)ccc34)cc2)CC1. The standard InChI is InChI=1S/C33H30N6O3/c1-38-15-17-39(18-16-38)27-8-6-25(7-9-27)35-21-29-28-10-5-24(20-30(28)37-33(29)42)31(40)23-3-2-4-26(19-23)36-32(41)22-11-13-34-14-12-22/h2-14,19-21,37,42H,15-18H2,1H3,(H,36,41). The molecule has 0 atom stereocenters. The Hall–Kier alpha value is -5.28. The lowest BCUT2D eigenvalue weighted by molar-refractivity contribution is 0.102. The second-order valence-electron chi connectivity index (χ2n) is 10.3. The van der Waals surface area contributed by atoms with Gasteiger partial charge in [0.05, 0.1) is 11.3 Å². The number of hydrogen-bond acceptors (Lipinski definition) is 7. The number of hydrogen-bond donors (Lipinski definition) is 3. The number of ketones is 1. The molecule has 6 rings (SSSR count). The van der Waals surface area contributed by atoms with Crippen molar-refractivity contribution >= 4 is 45.9 Å². The summed E-state index contributed by atoms with van der Waals surface area (Å²) in [6, 6.07) is 23.4. The first-order valence-electron chi connectivity index (χ1n) is 13.7. The van der Waals surface area contributed by atoms with Crippen molar-refractivity contribution in [3.63, 3.8) is 0 Å². The number of benzene rings is 3. The van der Waals surface area contributed by atoms with E-state index in [0.29, 0.717) is 33.5 Å². The first kappa shape index (κ1) is 26.9. The average Bonchev–Trinajstić information content (AvgIpc) is 3.34. The van der Waals surface area contributed by atoms with Gasteiger partial charge in [0.25, 0.3) is 5.91 Å². The molecule has 0 aliphatic carbocycles. The first-order valence-corrected chi connectivity index (χ1v) is 13.7. The number of fused-ring (bicyclic) bond motifs is 1. The predicted octanol–water partition coefficient (Wildman–Crippen LogP) is 5.25. The Kier molecular flexibility index (Phi) is 7.49. The smallest absolute Gasteiger partial charge is 0.255 e. The molecule has 3 heterocycles. The van der Waals surface area contributed by atoms with Gasteiger partial charge in [0.1, 0.15) is 0 Å². The van der Waals surface area contributed by atoms with Crippen LogP contribution >= 0.6 is 0 Å². The number of aromatic amines is 1. The summed E-state index contributed by atoms with van der Waals surface area (Å²) in [4.78, 5) is 42.0. The van der Waals surface area contributed by atoms with Crippen molar-refractivity contribution in [1.29, 1.82) is 0 Å². The van der Waals surface area contributed by atoms with E-state index in [1.807, 2.05) is 12.1 Å². The Morgan fingerprint density at radius 1 is 0.905 bits per heavy atom. The molecule has 1 aliphatic heterocycles. The molecule has 3 aromatic carbocycles. The number of nitrogens with one attached hydrogen (secondary N) is 2. The van der Waals surface area contributed by atoms with Crippen LogP contribution in [0.4, 0.5) is 17.1 Å². The maximum absolute atomic E-state index is 13.3. The van der Waals surface area contributed by atoms with E-state index in [-0.39, 0.29) is 17.6 Å². The highest BCUT2D eigenvalue weighted by Gasteiger charge is 2.16. The number of pyridine rings is 1. The van der Waals surface area contributed by atoms with Crippen LogP contribution in [0.15, 0.2) is 96.2 Å². The summed E-state index contributed by atoms with van der Waals surface area (Å²) in [7, 11) is 2.14. The van der Waals surface area contributed by atoms with E-state index in [0.717, 1.165) is 37.3 Å². The van der Waals surface area contributed by atoms with Gasteiger partial charge in [-0.25, -0.2) is 0 Å². The number of rotatable bonds is 7. The summed E-state index contributed by atoms with van der Waals surface area (Å²) < 4.78 is 0. The van der Waals surface area contributed by atoms with Crippen LogP contribution in [-0.2, 0) is 0 Å². The Morgan fingerprint density at radius 3 is 2.40 bits per heavy atom. The summed E-state index contributed by atoms with van der Waals surface area (Å²) in [5.41, 5.74) is 4.99. The Balaban J connectivity index is 1.17. The molecule has 1 amide bonds. The number of amides is 1. The van der Waals surface area contributed by atoms with Gasteiger partial charge >= 0.3 is 0 Å². The van der Waals surface area contributed by atoms with Gasteiger partial charge in [0.2, 0.25) is 0 Å². The minimum atomic E-state index is -0.287. The van der Waals surface area contributed by atoms with Crippen molar-refractivity contribution in [3.05, 3.63) is 114 Å². The molecule has 0 radical (unpaired) electrons. The fraction of sp³-hybridized carbons (Fsp3) is 0.152. The highest BCUT2D eigenvalue weighted by molar-refractivity contribution is 6.13. The van der Waals surface area contributed by atoms with Crippen molar-refractivity contribution in [2.45, 2.75) is 0 Å². The third kappa shape index (κ3) is 5.77. The molecular formula is C33H30N6O3. The van der Waals surface area contributed by atoms with Crippen molar-refractivity contribution in [3.8, 4) is 5.88 Å². The number of aromatic nitrogens is 2. The van der Waals surface area contributed by atoms with Crippen molar-refractivity contribution in [1.82, 2.24) is 14.9 Å². The Morgan fingerprint density at radius 2 is 1.64 bits per heavy atom. The Bertz CT molecular complexity index is 1770. The predicted molar refractivity (Wildman–Crippen MR) is 165 cm³/mol. The molecule has 3 N–H and O–H groups in total. The van der Waals surface area contributed by atoms with Gasteiger partial charge in [-0.15, -0.1) is 0 Å². The van der Waals surface area contributed by atoms with Gasteiger partial charge < -0.3 is 25.2 Å². The van der Waals surface area contributed by atoms with Crippen LogP contribution in [0.3, 0.4) is 0 Å². The summed E-state index contributed by atoms with van der Waals surface area (Å²) in [5.74, 6) is -0.514. The molecule has 1 saturated heterocycles. The van der Waals surface area contributed by atoms with Gasteiger partial charge in [-0.05, 0) is 61.6 Å². The molecule has 0 spiro atoms.